The molecule has 2 aromatic carbocycles. The van der Waals surface area contributed by atoms with E-state index in [-0.39, 0.29) is 17.3 Å². The lowest BCUT2D eigenvalue weighted by atomic mass is 10.2. The topological polar surface area (TPSA) is 66.5 Å². The van der Waals surface area contributed by atoms with E-state index in [0.717, 1.165) is 20.5 Å². The summed E-state index contributed by atoms with van der Waals surface area (Å²) in [4.78, 5) is 13.3. The van der Waals surface area contributed by atoms with Crippen LogP contribution < -0.4 is 5.32 Å². The predicted octanol–water partition coefficient (Wildman–Crippen LogP) is 2.83. The lowest BCUT2D eigenvalue weighted by molar-refractivity contribution is -0.121. The maximum atomic E-state index is 12.5. The predicted molar refractivity (Wildman–Crippen MR) is 106 cm³/mol. The summed E-state index contributed by atoms with van der Waals surface area (Å²) in [6, 6.07) is 14.8. The fourth-order valence-electron chi connectivity index (χ4n) is 2.23. The molecule has 0 spiro atoms. The second kappa shape index (κ2) is 9.21. The third kappa shape index (κ3) is 5.86. The lowest BCUT2D eigenvalue weighted by Crippen LogP contribution is -2.39. The van der Waals surface area contributed by atoms with Gasteiger partial charge in [-0.15, -0.1) is 11.8 Å². The van der Waals surface area contributed by atoms with E-state index in [9.17, 15) is 13.2 Å². The number of benzene rings is 2. The zero-order valence-corrected chi connectivity index (χ0v) is 16.9. The van der Waals surface area contributed by atoms with Crippen LogP contribution in [0.5, 0.6) is 0 Å². The molecule has 1 amide bonds. The van der Waals surface area contributed by atoms with E-state index in [1.807, 2.05) is 38.1 Å². The highest BCUT2D eigenvalue weighted by Crippen LogP contribution is 2.17. The normalized spacial score (nSPS) is 11.5. The van der Waals surface area contributed by atoms with Crippen LogP contribution in [0.2, 0.25) is 0 Å². The average molecular weight is 393 g/mol. The molecule has 5 nitrogen and oxygen atoms in total. The highest BCUT2D eigenvalue weighted by molar-refractivity contribution is 7.99. The summed E-state index contributed by atoms with van der Waals surface area (Å²) in [5, 5.41) is 2.76. The summed E-state index contributed by atoms with van der Waals surface area (Å²) in [5.74, 6) is 0.413. The number of hydrogen-bond donors (Lipinski definition) is 1. The van der Waals surface area contributed by atoms with E-state index >= 15 is 0 Å². The Bertz CT molecular complexity index is 832. The highest BCUT2D eigenvalue weighted by Gasteiger charge is 2.22. The molecule has 0 saturated carbocycles. The molecule has 26 heavy (non-hydrogen) atoms. The summed E-state index contributed by atoms with van der Waals surface area (Å²) in [7, 11) is -2.25. The van der Waals surface area contributed by atoms with Crippen LogP contribution in [0.25, 0.3) is 0 Å². The van der Waals surface area contributed by atoms with Gasteiger partial charge in [0.25, 0.3) is 0 Å². The quantitative estimate of drug-likeness (QED) is 0.554. The van der Waals surface area contributed by atoms with Crippen LogP contribution in [-0.4, -0.2) is 44.5 Å². The molecule has 0 atom stereocenters. The third-order valence-electron chi connectivity index (χ3n) is 3.81. The molecule has 0 radical (unpaired) electrons. The monoisotopic (exact) mass is 392 g/mol. The van der Waals surface area contributed by atoms with Crippen molar-refractivity contribution in [3.8, 4) is 0 Å². The first kappa shape index (κ1) is 20.5. The van der Waals surface area contributed by atoms with Crippen LogP contribution in [0.3, 0.4) is 0 Å². The van der Waals surface area contributed by atoms with Crippen LogP contribution in [0.1, 0.15) is 11.1 Å². The smallest absolute Gasteiger partial charge is 0.243 e. The Balaban J connectivity index is 1.79. The van der Waals surface area contributed by atoms with Crippen LogP contribution in [0, 0.1) is 13.8 Å². The molecule has 7 heteroatoms. The number of likely N-dealkylation sites (N-methyl/N-ethyl adjacent to an activating group) is 1. The standard InChI is InChI=1S/C19H24N2O3S2/c1-15-4-8-17(9-5-15)25-13-12-20-19(22)14-21(3)26(23,24)18-10-6-16(2)7-11-18/h4-11H,12-14H2,1-3H3,(H,20,22). The van der Waals surface area contributed by atoms with Crippen molar-refractivity contribution >= 4 is 27.7 Å². The van der Waals surface area contributed by atoms with Gasteiger partial charge in [0.2, 0.25) is 15.9 Å². The summed E-state index contributed by atoms with van der Waals surface area (Å²) < 4.78 is 26.0. The minimum atomic E-state index is -3.66. The van der Waals surface area contributed by atoms with Crippen LogP contribution in [-0.2, 0) is 14.8 Å². The number of sulfonamides is 1. The molecule has 0 saturated heterocycles. The number of aryl methyl sites for hydroxylation is 2. The van der Waals surface area contributed by atoms with E-state index in [4.69, 9.17) is 0 Å². The van der Waals surface area contributed by atoms with Gasteiger partial charge in [0.05, 0.1) is 11.4 Å². The first-order valence-electron chi connectivity index (χ1n) is 8.28. The fraction of sp³-hybridized carbons (Fsp3) is 0.316. The number of nitrogens with zero attached hydrogens (tertiary/aromatic N) is 1. The maximum absolute atomic E-state index is 12.5. The van der Waals surface area contributed by atoms with Crippen LogP contribution in [0.4, 0.5) is 0 Å². The Kier molecular flexibility index (Phi) is 7.25. The molecule has 140 valence electrons. The molecule has 2 aromatic rings. The Morgan fingerprint density at radius 2 is 1.54 bits per heavy atom. The van der Waals surface area contributed by atoms with Crippen molar-refractivity contribution < 1.29 is 13.2 Å². The summed E-state index contributed by atoms with van der Waals surface area (Å²) in [6.07, 6.45) is 0. The number of carbonyl (C=O) groups is 1. The zero-order chi connectivity index (χ0) is 19.2. The van der Waals surface area contributed by atoms with Gasteiger partial charge in [-0.05, 0) is 38.1 Å². The van der Waals surface area contributed by atoms with Gasteiger partial charge in [0.1, 0.15) is 0 Å². The van der Waals surface area contributed by atoms with Gasteiger partial charge in [-0.1, -0.05) is 35.4 Å². The van der Waals surface area contributed by atoms with Gasteiger partial charge in [-0.25, -0.2) is 8.42 Å². The molecule has 2 rings (SSSR count). The van der Waals surface area contributed by atoms with Gasteiger partial charge < -0.3 is 5.32 Å². The van der Waals surface area contributed by atoms with E-state index in [1.54, 1.807) is 36.0 Å². The summed E-state index contributed by atoms with van der Waals surface area (Å²) >= 11 is 1.65. The van der Waals surface area contributed by atoms with Crippen molar-refractivity contribution in [2.45, 2.75) is 23.6 Å². The van der Waals surface area contributed by atoms with Crippen molar-refractivity contribution in [3.05, 3.63) is 59.7 Å². The SMILES string of the molecule is Cc1ccc(SCCNC(=O)CN(C)S(=O)(=O)c2ccc(C)cc2)cc1. The van der Waals surface area contributed by atoms with Gasteiger partial charge in [0.15, 0.2) is 0 Å². The van der Waals surface area contributed by atoms with E-state index in [2.05, 4.69) is 5.32 Å². The van der Waals surface area contributed by atoms with E-state index < -0.39 is 10.0 Å². The zero-order valence-electron chi connectivity index (χ0n) is 15.2. The second-order valence-electron chi connectivity index (χ2n) is 6.09. The second-order valence-corrected chi connectivity index (χ2v) is 9.30. The Labute approximate surface area is 159 Å². The third-order valence-corrected chi connectivity index (χ3v) is 6.64. The molecule has 0 heterocycles. The molecule has 0 aliphatic carbocycles. The largest absolute Gasteiger partial charge is 0.354 e. The van der Waals surface area contributed by atoms with Crippen molar-refractivity contribution in [1.29, 1.82) is 0 Å². The first-order valence-corrected chi connectivity index (χ1v) is 10.7. The summed E-state index contributed by atoms with van der Waals surface area (Å²) in [6.45, 7) is 4.21. The molecular formula is C19H24N2O3S2. The number of hydrogen-bond acceptors (Lipinski definition) is 4. The Morgan fingerprint density at radius 1 is 1.00 bits per heavy atom. The average Bonchev–Trinajstić information content (AvgIpc) is 2.60. The molecular weight excluding hydrogens is 368 g/mol. The summed E-state index contributed by atoms with van der Waals surface area (Å²) in [5.41, 5.74) is 2.19. The minimum absolute atomic E-state index is 0.188. The van der Waals surface area contributed by atoms with Crippen LogP contribution >= 0.6 is 11.8 Å². The Hall–Kier alpha value is -1.83. The molecule has 0 bridgehead atoms. The number of carbonyl (C=O) groups excluding carboxylic acids is 1. The lowest BCUT2D eigenvalue weighted by Gasteiger charge is -2.17. The van der Waals surface area contributed by atoms with Crippen molar-refractivity contribution in [2.24, 2.45) is 0 Å². The molecule has 0 aromatic heterocycles. The van der Waals surface area contributed by atoms with Crippen molar-refractivity contribution in [2.75, 3.05) is 25.9 Å². The molecule has 0 aliphatic heterocycles. The molecule has 0 aliphatic rings. The van der Waals surface area contributed by atoms with Gasteiger partial charge in [-0.3, -0.25) is 4.79 Å². The van der Waals surface area contributed by atoms with Gasteiger partial charge in [-0.2, -0.15) is 4.31 Å². The molecule has 0 fully saturated rings. The highest BCUT2D eigenvalue weighted by atomic mass is 32.2. The minimum Gasteiger partial charge on any atom is -0.354 e. The first-order chi connectivity index (χ1) is 12.3. The van der Waals surface area contributed by atoms with E-state index in [1.165, 1.54) is 12.6 Å². The van der Waals surface area contributed by atoms with E-state index in [0.29, 0.717) is 6.54 Å². The number of rotatable bonds is 8. The maximum Gasteiger partial charge on any atom is 0.243 e. The molecule has 1 N–H and O–H groups in total. The number of nitrogens with one attached hydrogen (secondary N) is 1. The fourth-order valence-corrected chi connectivity index (χ4v) is 4.12. The molecule has 0 unspecified atom stereocenters. The number of thioether (sulfide) groups is 1. The van der Waals surface area contributed by atoms with Crippen molar-refractivity contribution in [1.82, 2.24) is 9.62 Å². The van der Waals surface area contributed by atoms with Gasteiger partial charge in [0, 0.05) is 24.2 Å². The van der Waals surface area contributed by atoms with Crippen molar-refractivity contribution in [3.63, 3.8) is 0 Å². The number of amides is 1. The van der Waals surface area contributed by atoms with Gasteiger partial charge >= 0.3 is 0 Å². The Morgan fingerprint density at radius 3 is 2.12 bits per heavy atom. The van der Waals surface area contributed by atoms with Crippen LogP contribution in [0.15, 0.2) is 58.3 Å².